The Kier molecular flexibility index (Phi) is 6.93. The van der Waals surface area contributed by atoms with Crippen molar-refractivity contribution in [3.63, 3.8) is 0 Å². The van der Waals surface area contributed by atoms with Crippen molar-refractivity contribution in [2.45, 2.75) is 37.3 Å². The van der Waals surface area contributed by atoms with Crippen molar-refractivity contribution in [1.82, 2.24) is 10.3 Å². The lowest BCUT2D eigenvalue weighted by molar-refractivity contribution is 0.0950. The van der Waals surface area contributed by atoms with Crippen molar-refractivity contribution in [3.05, 3.63) is 77.6 Å². The fourth-order valence-electron chi connectivity index (χ4n) is 4.39. The number of nitrogens with zero attached hydrogens (tertiary/aromatic N) is 2. The second kappa shape index (κ2) is 10.4. The molecule has 6 heteroatoms. The molecule has 33 heavy (non-hydrogen) atoms. The Bertz CT molecular complexity index is 1110. The van der Waals surface area contributed by atoms with Crippen LogP contribution in [-0.2, 0) is 17.9 Å². The first-order valence-electron chi connectivity index (χ1n) is 11.7. The molecule has 3 aromatic rings. The molecule has 1 fully saturated rings. The van der Waals surface area contributed by atoms with Crippen LogP contribution in [0.25, 0.3) is 11.1 Å². The minimum atomic E-state index is -0.0818. The molecule has 5 nitrogen and oxygen atoms in total. The van der Waals surface area contributed by atoms with Gasteiger partial charge in [-0.05, 0) is 72.4 Å². The molecule has 0 aliphatic carbocycles. The highest BCUT2D eigenvalue weighted by Crippen LogP contribution is 2.28. The van der Waals surface area contributed by atoms with Gasteiger partial charge in [-0.2, -0.15) is 0 Å². The lowest BCUT2D eigenvalue weighted by Crippen LogP contribution is -2.29. The van der Waals surface area contributed by atoms with Gasteiger partial charge in [0.2, 0.25) is 0 Å². The summed E-state index contributed by atoms with van der Waals surface area (Å²) in [5.74, 6) is 0.829. The maximum absolute atomic E-state index is 12.7. The van der Waals surface area contributed by atoms with Crippen LogP contribution in [0.4, 0.5) is 5.69 Å². The first-order chi connectivity index (χ1) is 16.3. The molecule has 2 aliphatic rings. The van der Waals surface area contributed by atoms with E-state index in [-0.39, 0.29) is 5.91 Å². The molecule has 0 unspecified atom stereocenters. The molecule has 0 atom stereocenters. The van der Waals surface area contributed by atoms with Crippen LogP contribution in [0.1, 0.15) is 40.9 Å². The van der Waals surface area contributed by atoms with Crippen molar-refractivity contribution in [3.8, 4) is 11.1 Å². The first kappa shape index (κ1) is 22.0. The highest BCUT2D eigenvalue weighted by atomic mass is 32.2. The summed E-state index contributed by atoms with van der Waals surface area (Å²) in [6.07, 6.45) is 5.71. The molecular weight excluding hydrogens is 430 g/mol. The standard InChI is InChI=1S/C27H29N3O2S/c31-27(22-4-5-23-19-32-14-15-33-26(23)17-22)29-18-24-16-21(10-11-28-24)20-6-8-25(9-7-20)30-12-2-1-3-13-30/h4-11,16-17H,1-3,12-15,18-19H2,(H,29,31). The molecule has 170 valence electrons. The topological polar surface area (TPSA) is 54.5 Å². The number of benzene rings is 2. The number of ether oxygens (including phenoxy) is 1. The van der Waals surface area contributed by atoms with E-state index < -0.39 is 0 Å². The Morgan fingerprint density at radius 1 is 1.00 bits per heavy atom. The zero-order valence-electron chi connectivity index (χ0n) is 18.8. The van der Waals surface area contributed by atoms with Gasteiger partial charge in [0.1, 0.15) is 0 Å². The van der Waals surface area contributed by atoms with Gasteiger partial charge in [-0.15, -0.1) is 11.8 Å². The zero-order chi connectivity index (χ0) is 22.5. The number of hydrogen-bond acceptors (Lipinski definition) is 5. The fourth-order valence-corrected chi connectivity index (χ4v) is 5.33. The predicted octanol–water partition coefficient (Wildman–Crippen LogP) is 5.29. The Labute approximate surface area is 199 Å². The molecule has 2 aliphatic heterocycles. The molecule has 0 spiro atoms. The molecule has 0 bridgehead atoms. The van der Waals surface area contributed by atoms with Gasteiger partial charge in [0.15, 0.2) is 0 Å². The number of nitrogens with one attached hydrogen (secondary N) is 1. The van der Waals surface area contributed by atoms with Crippen molar-refractivity contribution in [2.24, 2.45) is 0 Å². The van der Waals surface area contributed by atoms with Gasteiger partial charge in [-0.25, -0.2) is 0 Å². The Balaban J connectivity index is 1.23. The maximum atomic E-state index is 12.7. The molecule has 1 N–H and O–H groups in total. The van der Waals surface area contributed by atoms with Gasteiger partial charge in [0.05, 0.1) is 25.5 Å². The summed E-state index contributed by atoms with van der Waals surface area (Å²) in [5, 5.41) is 3.02. The number of rotatable bonds is 5. The summed E-state index contributed by atoms with van der Waals surface area (Å²) in [7, 11) is 0. The molecule has 0 radical (unpaired) electrons. The van der Waals surface area contributed by atoms with Gasteiger partial charge in [0, 0.05) is 41.2 Å². The quantitative estimate of drug-likeness (QED) is 0.562. The minimum Gasteiger partial charge on any atom is -0.376 e. The van der Waals surface area contributed by atoms with Crippen LogP contribution in [-0.4, -0.2) is 36.3 Å². The number of carbonyl (C=O) groups is 1. The summed E-state index contributed by atoms with van der Waals surface area (Å²) >= 11 is 1.74. The SMILES string of the molecule is O=C(NCc1cc(-c2ccc(N3CCCCC3)cc2)ccn1)c1ccc2c(c1)SCCOC2. The summed E-state index contributed by atoms with van der Waals surface area (Å²) in [6, 6.07) is 18.7. The Hall–Kier alpha value is -2.83. The van der Waals surface area contributed by atoms with E-state index in [0.29, 0.717) is 18.7 Å². The van der Waals surface area contributed by atoms with E-state index >= 15 is 0 Å². The second-order valence-corrected chi connectivity index (χ2v) is 9.67. The third kappa shape index (κ3) is 5.40. The molecule has 0 saturated carbocycles. The van der Waals surface area contributed by atoms with Crippen LogP contribution in [0.5, 0.6) is 0 Å². The molecular formula is C27H29N3O2S. The first-order valence-corrected chi connectivity index (χ1v) is 12.7. The van der Waals surface area contributed by atoms with Crippen LogP contribution in [0, 0.1) is 0 Å². The van der Waals surface area contributed by atoms with Gasteiger partial charge in [0.25, 0.3) is 5.91 Å². The number of pyridine rings is 1. The molecule has 2 aromatic carbocycles. The summed E-state index contributed by atoms with van der Waals surface area (Å²) in [5.41, 5.74) is 6.24. The van der Waals surface area contributed by atoms with E-state index in [4.69, 9.17) is 4.74 Å². The Morgan fingerprint density at radius 3 is 2.70 bits per heavy atom. The lowest BCUT2D eigenvalue weighted by Gasteiger charge is -2.28. The molecule has 5 rings (SSSR count). The maximum Gasteiger partial charge on any atom is 0.251 e. The third-order valence-corrected chi connectivity index (χ3v) is 7.30. The monoisotopic (exact) mass is 459 g/mol. The summed E-state index contributed by atoms with van der Waals surface area (Å²) in [4.78, 5) is 20.8. The van der Waals surface area contributed by atoms with Crippen molar-refractivity contribution >= 4 is 23.4 Å². The third-order valence-electron chi connectivity index (χ3n) is 6.24. The van der Waals surface area contributed by atoms with Gasteiger partial charge in [-0.1, -0.05) is 18.2 Å². The van der Waals surface area contributed by atoms with E-state index in [0.717, 1.165) is 52.7 Å². The number of anilines is 1. The van der Waals surface area contributed by atoms with E-state index in [1.165, 1.54) is 24.9 Å². The number of thioether (sulfide) groups is 1. The zero-order valence-corrected chi connectivity index (χ0v) is 19.6. The van der Waals surface area contributed by atoms with Gasteiger partial charge < -0.3 is 15.0 Å². The lowest BCUT2D eigenvalue weighted by atomic mass is 10.0. The summed E-state index contributed by atoms with van der Waals surface area (Å²) in [6.45, 7) is 4.04. The Morgan fingerprint density at radius 2 is 1.85 bits per heavy atom. The normalized spacial score (nSPS) is 16.1. The molecule has 1 amide bonds. The van der Waals surface area contributed by atoms with E-state index in [2.05, 4.69) is 45.5 Å². The van der Waals surface area contributed by atoms with Crippen LogP contribution in [0.3, 0.4) is 0 Å². The number of carbonyl (C=O) groups excluding carboxylic acids is 1. The van der Waals surface area contributed by atoms with Crippen molar-refractivity contribution in [2.75, 3.05) is 30.3 Å². The summed E-state index contributed by atoms with van der Waals surface area (Å²) < 4.78 is 5.58. The van der Waals surface area contributed by atoms with Gasteiger partial charge in [-0.3, -0.25) is 9.78 Å². The van der Waals surface area contributed by atoms with E-state index in [1.807, 2.05) is 30.5 Å². The number of amides is 1. The molecule has 1 saturated heterocycles. The fraction of sp³-hybridized carbons (Fsp3) is 0.333. The highest BCUT2D eigenvalue weighted by Gasteiger charge is 2.14. The average molecular weight is 460 g/mol. The smallest absolute Gasteiger partial charge is 0.251 e. The van der Waals surface area contributed by atoms with Crippen LogP contribution >= 0.6 is 11.8 Å². The minimum absolute atomic E-state index is 0.0818. The number of hydrogen-bond donors (Lipinski definition) is 1. The predicted molar refractivity (Wildman–Crippen MR) is 134 cm³/mol. The van der Waals surface area contributed by atoms with Crippen molar-refractivity contribution < 1.29 is 9.53 Å². The second-order valence-electron chi connectivity index (χ2n) is 8.54. The van der Waals surface area contributed by atoms with Gasteiger partial charge >= 0.3 is 0 Å². The largest absolute Gasteiger partial charge is 0.376 e. The molecule has 1 aromatic heterocycles. The highest BCUT2D eigenvalue weighted by molar-refractivity contribution is 7.99. The van der Waals surface area contributed by atoms with Crippen LogP contribution in [0.15, 0.2) is 65.7 Å². The number of piperidine rings is 1. The number of aromatic nitrogens is 1. The van der Waals surface area contributed by atoms with E-state index in [1.54, 1.807) is 11.8 Å². The van der Waals surface area contributed by atoms with Crippen LogP contribution in [0.2, 0.25) is 0 Å². The number of fused-ring (bicyclic) bond motifs is 1. The van der Waals surface area contributed by atoms with Crippen molar-refractivity contribution in [1.29, 1.82) is 0 Å². The van der Waals surface area contributed by atoms with Crippen LogP contribution < -0.4 is 10.2 Å². The molecule has 3 heterocycles. The van der Waals surface area contributed by atoms with E-state index in [9.17, 15) is 4.79 Å². The average Bonchev–Trinajstić information content (AvgIpc) is 3.13.